The molecule has 1 unspecified atom stereocenters. The highest BCUT2D eigenvalue weighted by molar-refractivity contribution is 6.30. The maximum absolute atomic E-state index is 13.2. The molecule has 1 atom stereocenters. The van der Waals surface area contributed by atoms with E-state index < -0.39 is 0 Å². The van der Waals surface area contributed by atoms with Crippen LogP contribution < -0.4 is 11.2 Å². The molecule has 1 aromatic carbocycles. The number of hydrogen-bond acceptors (Lipinski definition) is 5. The maximum atomic E-state index is 13.2. The van der Waals surface area contributed by atoms with Gasteiger partial charge in [-0.15, -0.1) is 0 Å². The van der Waals surface area contributed by atoms with Gasteiger partial charge in [-0.25, -0.2) is 0 Å². The van der Waals surface area contributed by atoms with Crippen LogP contribution in [0.4, 0.5) is 0 Å². The average Bonchev–Trinajstić information content (AvgIpc) is 3.48. The zero-order valence-electron chi connectivity index (χ0n) is 21.2. The minimum atomic E-state index is 0.0429. The van der Waals surface area contributed by atoms with Gasteiger partial charge in [0.1, 0.15) is 18.5 Å². The lowest BCUT2D eigenvalue weighted by molar-refractivity contribution is -0.140. The molecule has 36 heavy (non-hydrogen) atoms. The summed E-state index contributed by atoms with van der Waals surface area (Å²) in [6.45, 7) is 6.96. The van der Waals surface area contributed by atoms with Crippen LogP contribution in [0.15, 0.2) is 48.2 Å². The smallest absolute Gasteiger partial charge is 0.242 e. The molecule has 3 aliphatic rings. The van der Waals surface area contributed by atoms with Gasteiger partial charge >= 0.3 is 0 Å². The third-order valence-electron chi connectivity index (χ3n) is 7.43. The third kappa shape index (κ3) is 5.37. The molecule has 0 spiro atoms. The number of nitrogens with zero attached hydrogens (tertiary/aromatic N) is 3. The van der Waals surface area contributed by atoms with Crippen molar-refractivity contribution < 1.29 is 4.79 Å². The molecule has 0 bridgehead atoms. The van der Waals surface area contributed by atoms with Crippen molar-refractivity contribution in [2.45, 2.75) is 57.2 Å². The second kappa shape index (κ2) is 11.8. The summed E-state index contributed by atoms with van der Waals surface area (Å²) in [6, 6.07) is 8.52. The number of hydrogen-bond donors (Lipinski definition) is 3. The number of carbonyl (C=O) groups excluding carboxylic acids is 1. The third-order valence-corrected chi connectivity index (χ3v) is 7.66. The number of halogens is 1. The van der Waals surface area contributed by atoms with Gasteiger partial charge in [0, 0.05) is 34.9 Å². The zero-order valence-corrected chi connectivity index (χ0v) is 22.0. The Labute approximate surface area is 219 Å². The highest BCUT2D eigenvalue weighted by atomic mass is 35.5. The minimum absolute atomic E-state index is 0.0429. The second-order valence-electron chi connectivity index (χ2n) is 9.43. The Morgan fingerprint density at radius 2 is 2.00 bits per heavy atom. The number of H-pyrrole nitrogens is 1. The molecule has 1 aliphatic carbocycles. The van der Waals surface area contributed by atoms with Crippen LogP contribution in [0.25, 0.3) is 12.2 Å². The van der Waals surface area contributed by atoms with Gasteiger partial charge < -0.3 is 20.5 Å². The number of aromatic nitrogens is 1. The number of piperazine rings is 1. The molecule has 192 valence electrons. The monoisotopic (exact) mass is 508 g/mol. The molecular weight excluding hydrogens is 472 g/mol. The molecule has 2 fully saturated rings. The highest BCUT2D eigenvalue weighted by Crippen LogP contribution is 2.36. The molecule has 5 rings (SSSR count). The Morgan fingerprint density at radius 3 is 2.69 bits per heavy atom. The number of amidine groups is 1. The first-order valence-corrected chi connectivity index (χ1v) is 13.1. The van der Waals surface area contributed by atoms with Gasteiger partial charge in [0.05, 0.1) is 6.54 Å². The topological polar surface area (TPSA) is 89.8 Å². The molecule has 1 saturated heterocycles. The molecule has 8 heteroatoms. The lowest BCUT2D eigenvalue weighted by Gasteiger charge is -2.44. The van der Waals surface area contributed by atoms with Gasteiger partial charge in [0.2, 0.25) is 5.91 Å². The number of nitrogens with two attached hydrogens (primary N) is 1. The summed E-state index contributed by atoms with van der Waals surface area (Å²) in [7, 11) is 1.50. The second-order valence-corrected chi connectivity index (χ2v) is 9.87. The number of rotatable bonds is 6. The van der Waals surface area contributed by atoms with Crippen molar-refractivity contribution in [1.29, 1.82) is 0 Å². The fraction of sp³-hybridized carbons (Fsp3) is 0.429. The molecule has 4 N–H and O–H groups in total. The van der Waals surface area contributed by atoms with E-state index in [9.17, 15) is 4.79 Å². The number of allylic oxidation sites excluding steroid dienone is 1. The van der Waals surface area contributed by atoms with Gasteiger partial charge in [-0.05, 0) is 74.9 Å². The van der Waals surface area contributed by atoms with Gasteiger partial charge in [-0.1, -0.05) is 42.5 Å². The quantitative estimate of drug-likeness (QED) is 0.533. The van der Waals surface area contributed by atoms with E-state index >= 15 is 0 Å². The molecule has 2 aliphatic heterocycles. The number of fused-ring (bicyclic) bond motifs is 1. The maximum Gasteiger partial charge on any atom is 0.242 e. The van der Waals surface area contributed by atoms with E-state index in [4.69, 9.17) is 11.6 Å². The molecule has 7 nitrogen and oxygen atoms in total. The molecule has 3 heterocycles. The van der Waals surface area contributed by atoms with E-state index in [0.717, 1.165) is 53.4 Å². The summed E-state index contributed by atoms with van der Waals surface area (Å²) in [5.41, 5.74) is 12.4. The Kier molecular flexibility index (Phi) is 8.54. The summed E-state index contributed by atoms with van der Waals surface area (Å²) in [5, 5.41) is 5.42. The number of hydrazone groups is 1. The lowest BCUT2D eigenvalue weighted by Crippen LogP contribution is -2.61. The summed E-state index contributed by atoms with van der Waals surface area (Å²) in [6.07, 6.45) is 12.9. The van der Waals surface area contributed by atoms with Crippen LogP contribution in [0.5, 0.6) is 0 Å². The zero-order chi connectivity index (χ0) is 25.7. The first kappa shape index (κ1) is 26.0. The molecule has 1 amide bonds. The van der Waals surface area contributed by atoms with Crippen molar-refractivity contribution in [3.63, 3.8) is 0 Å². The average molecular weight is 509 g/mol. The number of amides is 1. The van der Waals surface area contributed by atoms with Crippen molar-refractivity contribution in [3.8, 4) is 0 Å². The number of aromatic amines is 1. The standard InChI is InChI=1S/C27H32ClN5O.CH5N/c1-3-6-23-20(15-29-24(23)4-2)14-25-30-31-26-16-32(27(34)17-33(25)26)22-11-9-18(10-12-22)19-7-5-8-21(28)13-19;1-2/h3-8,13,15,18,22,26,29,31H,2,9-12,14,16-17H2,1H3;2H2,1H3/b6-3-;. The van der Waals surface area contributed by atoms with Crippen LogP contribution in [-0.4, -0.2) is 58.9 Å². The summed E-state index contributed by atoms with van der Waals surface area (Å²) >= 11 is 6.20. The van der Waals surface area contributed by atoms with Crippen LogP contribution in [-0.2, 0) is 11.2 Å². The van der Waals surface area contributed by atoms with Gasteiger partial charge in [0.15, 0.2) is 0 Å². The normalized spacial score (nSPS) is 23.6. The Balaban J connectivity index is 0.00000148. The predicted octanol–water partition coefficient (Wildman–Crippen LogP) is 4.58. The number of benzene rings is 1. The first-order chi connectivity index (χ1) is 17.6. The van der Waals surface area contributed by atoms with E-state index in [0.29, 0.717) is 31.5 Å². The van der Waals surface area contributed by atoms with Crippen molar-refractivity contribution in [2.75, 3.05) is 20.1 Å². The van der Waals surface area contributed by atoms with Crippen LogP contribution in [0.1, 0.15) is 60.9 Å². The van der Waals surface area contributed by atoms with Crippen LogP contribution >= 0.6 is 11.6 Å². The number of nitrogens with one attached hydrogen (secondary N) is 2. The van der Waals surface area contributed by atoms with E-state index in [-0.39, 0.29) is 12.1 Å². The lowest BCUT2D eigenvalue weighted by atomic mass is 9.81. The highest BCUT2D eigenvalue weighted by Gasteiger charge is 2.40. The van der Waals surface area contributed by atoms with Gasteiger partial charge in [0.25, 0.3) is 0 Å². The van der Waals surface area contributed by atoms with Crippen molar-refractivity contribution in [1.82, 2.24) is 20.2 Å². The SMILES string of the molecule is C=Cc1[nH]cc(CC2=NNC3CN(C4CCC(c5cccc(Cl)c5)CC4)C(=O)CN23)c1/C=C\C.CN. The molecule has 1 saturated carbocycles. The Bertz CT molecular complexity index is 1130. The molecule has 0 radical (unpaired) electrons. The van der Waals surface area contributed by atoms with Gasteiger partial charge in [-0.2, -0.15) is 5.10 Å². The summed E-state index contributed by atoms with van der Waals surface area (Å²) in [4.78, 5) is 20.7. The van der Waals surface area contributed by atoms with Crippen LogP contribution in [0.2, 0.25) is 5.02 Å². The number of carbonyl (C=O) groups is 1. The molecule has 1 aromatic heterocycles. The molecule has 2 aromatic rings. The first-order valence-electron chi connectivity index (χ1n) is 12.7. The van der Waals surface area contributed by atoms with E-state index in [1.165, 1.54) is 12.6 Å². The fourth-order valence-corrected chi connectivity index (χ4v) is 5.84. The van der Waals surface area contributed by atoms with Crippen LogP contribution in [0, 0.1) is 0 Å². The largest absolute Gasteiger partial charge is 0.361 e. The van der Waals surface area contributed by atoms with Crippen LogP contribution in [0.3, 0.4) is 0 Å². The predicted molar refractivity (Wildman–Crippen MR) is 149 cm³/mol. The minimum Gasteiger partial charge on any atom is -0.361 e. The fourth-order valence-electron chi connectivity index (χ4n) is 5.65. The Hall–Kier alpha value is -3.03. The van der Waals surface area contributed by atoms with Crippen molar-refractivity contribution in [2.24, 2.45) is 10.8 Å². The van der Waals surface area contributed by atoms with Crippen molar-refractivity contribution >= 4 is 35.5 Å². The molecular formula is C28H37ClN6O. The summed E-state index contributed by atoms with van der Waals surface area (Å²) < 4.78 is 0. The van der Waals surface area contributed by atoms with E-state index in [2.05, 4.69) is 55.8 Å². The van der Waals surface area contributed by atoms with E-state index in [1.807, 2.05) is 37.4 Å². The Morgan fingerprint density at radius 1 is 1.22 bits per heavy atom. The van der Waals surface area contributed by atoms with Gasteiger partial charge in [-0.3, -0.25) is 10.2 Å². The summed E-state index contributed by atoms with van der Waals surface area (Å²) in [5.74, 6) is 1.65. The van der Waals surface area contributed by atoms with E-state index in [1.54, 1.807) is 0 Å². The van der Waals surface area contributed by atoms with Crippen molar-refractivity contribution in [3.05, 3.63) is 70.5 Å².